The third kappa shape index (κ3) is 1.85. The van der Waals surface area contributed by atoms with E-state index in [9.17, 15) is 5.26 Å². The van der Waals surface area contributed by atoms with E-state index in [-0.39, 0.29) is 5.41 Å². The number of nitrogens with zero attached hydrogens (tertiary/aromatic N) is 1. The molecule has 0 spiro atoms. The van der Waals surface area contributed by atoms with Crippen LogP contribution in [-0.2, 0) is 6.42 Å². The zero-order valence-corrected chi connectivity index (χ0v) is 10.1. The van der Waals surface area contributed by atoms with Crippen LogP contribution >= 0.6 is 0 Å². The van der Waals surface area contributed by atoms with Gasteiger partial charge in [-0.2, -0.15) is 5.26 Å². The van der Waals surface area contributed by atoms with Gasteiger partial charge in [-0.15, -0.1) is 0 Å². The molecule has 1 N–H and O–H groups in total. The van der Waals surface area contributed by atoms with E-state index >= 15 is 0 Å². The first-order valence-corrected chi connectivity index (χ1v) is 6.53. The van der Waals surface area contributed by atoms with Crippen molar-refractivity contribution in [1.82, 2.24) is 5.32 Å². The lowest BCUT2D eigenvalue weighted by molar-refractivity contribution is 0.242. The standard InChI is InChI=1S/C15H18N2/c16-10-15(6-3-7-17-11-15)9-13-8-12-4-1-2-5-14(12)13/h1-2,4-5,13,17H,3,6-9,11H2. The predicted molar refractivity (Wildman–Crippen MR) is 67.7 cm³/mol. The minimum atomic E-state index is -0.115. The molecule has 3 rings (SSSR count). The second kappa shape index (κ2) is 4.16. The van der Waals surface area contributed by atoms with E-state index in [1.54, 1.807) is 0 Å². The molecule has 0 radical (unpaired) electrons. The highest BCUT2D eigenvalue weighted by atomic mass is 14.9. The fourth-order valence-corrected chi connectivity index (χ4v) is 3.30. The van der Waals surface area contributed by atoms with Gasteiger partial charge in [-0.05, 0) is 49.3 Å². The summed E-state index contributed by atoms with van der Waals surface area (Å²) in [5.41, 5.74) is 2.85. The maximum Gasteiger partial charge on any atom is 0.0704 e. The Morgan fingerprint density at radius 1 is 1.41 bits per heavy atom. The molecular formula is C15H18N2. The Hall–Kier alpha value is -1.33. The van der Waals surface area contributed by atoms with Crippen molar-refractivity contribution < 1.29 is 0 Å². The maximum atomic E-state index is 9.47. The Kier molecular flexibility index (Phi) is 2.64. The number of nitrogens with one attached hydrogen (secondary N) is 1. The molecule has 2 atom stereocenters. The van der Waals surface area contributed by atoms with E-state index in [1.165, 1.54) is 17.5 Å². The molecule has 1 heterocycles. The molecule has 2 aliphatic rings. The fraction of sp³-hybridized carbons (Fsp3) is 0.533. The second-order valence-electron chi connectivity index (χ2n) is 5.48. The van der Waals surface area contributed by atoms with Crippen LogP contribution in [0.5, 0.6) is 0 Å². The first-order chi connectivity index (χ1) is 8.33. The molecule has 1 aliphatic heterocycles. The predicted octanol–water partition coefficient (Wildman–Crippen LogP) is 2.61. The van der Waals surface area contributed by atoms with Crippen molar-refractivity contribution in [2.45, 2.75) is 31.6 Å². The van der Waals surface area contributed by atoms with Crippen molar-refractivity contribution in [3.63, 3.8) is 0 Å². The van der Waals surface area contributed by atoms with Gasteiger partial charge in [0.05, 0.1) is 11.5 Å². The highest BCUT2D eigenvalue weighted by Gasteiger charge is 2.38. The second-order valence-corrected chi connectivity index (χ2v) is 5.48. The van der Waals surface area contributed by atoms with Crippen molar-refractivity contribution >= 4 is 0 Å². The molecular weight excluding hydrogens is 208 g/mol. The number of rotatable bonds is 2. The third-order valence-corrected chi connectivity index (χ3v) is 4.31. The van der Waals surface area contributed by atoms with Gasteiger partial charge in [-0.3, -0.25) is 0 Å². The van der Waals surface area contributed by atoms with Crippen LogP contribution in [0.15, 0.2) is 24.3 Å². The molecule has 17 heavy (non-hydrogen) atoms. The summed E-state index contributed by atoms with van der Waals surface area (Å²) >= 11 is 0. The summed E-state index contributed by atoms with van der Waals surface area (Å²) in [6.45, 7) is 1.95. The molecule has 1 aromatic carbocycles. The van der Waals surface area contributed by atoms with Gasteiger partial charge in [0.15, 0.2) is 0 Å². The summed E-state index contributed by atoms with van der Waals surface area (Å²) in [6.07, 6.45) is 4.41. The average molecular weight is 226 g/mol. The van der Waals surface area contributed by atoms with E-state index < -0.39 is 0 Å². The molecule has 2 unspecified atom stereocenters. The molecule has 1 aliphatic carbocycles. The molecule has 0 saturated carbocycles. The Morgan fingerprint density at radius 3 is 3.00 bits per heavy atom. The summed E-state index contributed by atoms with van der Waals surface area (Å²) in [6, 6.07) is 11.2. The van der Waals surface area contributed by atoms with Crippen LogP contribution in [0.4, 0.5) is 0 Å². The van der Waals surface area contributed by atoms with Crippen LogP contribution < -0.4 is 5.32 Å². The van der Waals surface area contributed by atoms with Crippen molar-refractivity contribution in [1.29, 1.82) is 5.26 Å². The number of nitriles is 1. The van der Waals surface area contributed by atoms with Crippen LogP contribution in [0, 0.1) is 16.7 Å². The van der Waals surface area contributed by atoms with Crippen LogP contribution in [-0.4, -0.2) is 13.1 Å². The number of fused-ring (bicyclic) bond motifs is 1. The van der Waals surface area contributed by atoms with Gasteiger partial charge in [0.25, 0.3) is 0 Å². The molecule has 0 amide bonds. The molecule has 1 aromatic rings. The van der Waals surface area contributed by atoms with Crippen LogP contribution in [0.25, 0.3) is 0 Å². The Morgan fingerprint density at radius 2 is 2.29 bits per heavy atom. The van der Waals surface area contributed by atoms with Crippen LogP contribution in [0.3, 0.4) is 0 Å². The maximum absolute atomic E-state index is 9.47. The number of piperidine rings is 1. The largest absolute Gasteiger partial charge is 0.315 e. The van der Waals surface area contributed by atoms with Gasteiger partial charge in [-0.25, -0.2) is 0 Å². The molecule has 1 saturated heterocycles. The topological polar surface area (TPSA) is 35.8 Å². The Balaban J connectivity index is 1.74. The summed E-state index contributed by atoms with van der Waals surface area (Å²) in [5.74, 6) is 0.616. The molecule has 2 nitrogen and oxygen atoms in total. The monoisotopic (exact) mass is 226 g/mol. The summed E-state index contributed by atoms with van der Waals surface area (Å²) < 4.78 is 0. The van der Waals surface area contributed by atoms with Crippen LogP contribution in [0.1, 0.15) is 36.3 Å². The normalized spacial score (nSPS) is 31.1. The SMILES string of the molecule is N#CC1(CC2Cc3ccccc32)CCCNC1. The Bertz CT molecular complexity index is 452. The first kappa shape index (κ1) is 10.8. The van der Waals surface area contributed by atoms with E-state index in [2.05, 4.69) is 35.7 Å². The van der Waals surface area contributed by atoms with Gasteiger partial charge >= 0.3 is 0 Å². The number of benzene rings is 1. The zero-order chi connectivity index (χ0) is 11.7. The van der Waals surface area contributed by atoms with Crippen molar-refractivity contribution in [2.75, 3.05) is 13.1 Å². The Labute approximate surface area is 103 Å². The first-order valence-electron chi connectivity index (χ1n) is 6.53. The summed E-state index contributed by atoms with van der Waals surface area (Å²) in [5, 5.41) is 12.8. The highest BCUT2D eigenvalue weighted by Crippen LogP contribution is 2.44. The summed E-state index contributed by atoms with van der Waals surface area (Å²) in [4.78, 5) is 0. The molecule has 2 heteroatoms. The number of hydrogen-bond donors (Lipinski definition) is 1. The van der Waals surface area contributed by atoms with Gasteiger partial charge in [-0.1, -0.05) is 24.3 Å². The summed E-state index contributed by atoms with van der Waals surface area (Å²) in [7, 11) is 0. The van der Waals surface area contributed by atoms with E-state index in [4.69, 9.17) is 0 Å². The molecule has 0 bridgehead atoms. The minimum Gasteiger partial charge on any atom is -0.315 e. The quantitative estimate of drug-likeness (QED) is 0.841. The number of hydrogen-bond acceptors (Lipinski definition) is 2. The zero-order valence-electron chi connectivity index (χ0n) is 10.1. The van der Waals surface area contributed by atoms with Gasteiger partial charge in [0, 0.05) is 6.54 Å². The lowest BCUT2D eigenvalue weighted by Crippen LogP contribution is -2.41. The van der Waals surface area contributed by atoms with Crippen LogP contribution in [0.2, 0.25) is 0 Å². The van der Waals surface area contributed by atoms with Crippen molar-refractivity contribution in [3.8, 4) is 6.07 Å². The fourth-order valence-electron chi connectivity index (χ4n) is 3.30. The third-order valence-electron chi connectivity index (χ3n) is 4.31. The average Bonchev–Trinajstić information content (AvgIpc) is 2.37. The highest BCUT2D eigenvalue weighted by molar-refractivity contribution is 5.40. The molecule has 0 aromatic heterocycles. The van der Waals surface area contributed by atoms with E-state index in [0.717, 1.165) is 32.4 Å². The van der Waals surface area contributed by atoms with E-state index in [1.807, 2.05) is 0 Å². The minimum absolute atomic E-state index is 0.115. The molecule has 88 valence electrons. The smallest absolute Gasteiger partial charge is 0.0704 e. The lowest BCUT2D eigenvalue weighted by Gasteiger charge is -2.39. The van der Waals surface area contributed by atoms with Crippen molar-refractivity contribution in [2.24, 2.45) is 5.41 Å². The van der Waals surface area contributed by atoms with Gasteiger partial charge in [0.1, 0.15) is 0 Å². The van der Waals surface area contributed by atoms with Crippen molar-refractivity contribution in [3.05, 3.63) is 35.4 Å². The van der Waals surface area contributed by atoms with Gasteiger partial charge in [0.2, 0.25) is 0 Å². The molecule has 1 fully saturated rings. The lowest BCUT2D eigenvalue weighted by atomic mass is 9.67. The van der Waals surface area contributed by atoms with Gasteiger partial charge < -0.3 is 5.32 Å². The van der Waals surface area contributed by atoms with E-state index in [0.29, 0.717) is 5.92 Å².